The van der Waals surface area contributed by atoms with Crippen molar-refractivity contribution in [3.63, 3.8) is 0 Å². The summed E-state index contributed by atoms with van der Waals surface area (Å²) in [6.45, 7) is -5.84. The lowest BCUT2D eigenvalue weighted by atomic mass is 10.3. The molecule has 2 aromatic carbocycles. The highest BCUT2D eigenvalue weighted by Gasteiger charge is 2.19. The Morgan fingerprint density at radius 2 is 1.02 bits per heavy atom. The van der Waals surface area contributed by atoms with Crippen LogP contribution in [0.5, 0.6) is 34.5 Å². The number of aromatic nitrogens is 6. The first-order valence-corrected chi connectivity index (χ1v) is 17.4. The average Bonchev–Trinajstić information content (AvgIpc) is 3.75. The van der Waals surface area contributed by atoms with Crippen molar-refractivity contribution in [2.75, 3.05) is 28.4 Å². The molecule has 6 aromatic rings. The van der Waals surface area contributed by atoms with E-state index in [2.05, 4.69) is 39.4 Å². The van der Waals surface area contributed by atoms with Gasteiger partial charge in [0.05, 0.1) is 95.0 Å². The smallest absolute Gasteiger partial charge is 0.387 e. The molecule has 0 aliphatic carbocycles. The normalized spacial score (nSPS) is 12.3. The summed E-state index contributed by atoms with van der Waals surface area (Å²) in [7, 11) is 2.81. The Hall–Kier alpha value is -5.50. The van der Waals surface area contributed by atoms with E-state index in [0.29, 0.717) is 56.5 Å². The molecule has 0 aliphatic heterocycles. The molecule has 20 heteroatoms. The molecule has 0 spiro atoms. The van der Waals surface area contributed by atoms with Crippen LogP contribution in [-0.2, 0) is 33.1 Å². The number of H-pyrrole nitrogens is 2. The van der Waals surface area contributed by atoms with E-state index >= 15 is 0 Å². The Morgan fingerprint density at radius 1 is 0.615 bits per heavy atom. The van der Waals surface area contributed by atoms with Crippen LogP contribution >= 0.6 is 0 Å². The fourth-order valence-electron chi connectivity index (χ4n) is 4.79. The number of pyridine rings is 2. The van der Waals surface area contributed by atoms with E-state index in [-0.39, 0.29) is 33.3 Å². The molecule has 2 atom stereocenters. The van der Waals surface area contributed by atoms with Gasteiger partial charge in [-0.15, -0.1) is 0 Å². The molecular weight excluding hydrogens is 737 g/mol. The first-order valence-electron chi connectivity index (χ1n) is 14.8. The van der Waals surface area contributed by atoms with E-state index in [4.69, 9.17) is 18.9 Å². The Labute approximate surface area is 297 Å². The van der Waals surface area contributed by atoms with E-state index < -0.39 is 34.8 Å². The van der Waals surface area contributed by atoms with Crippen molar-refractivity contribution >= 4 is 43.7 Å². The molecular formula is C32H30F4N6O8S2. The number of nitrogens with zero attached hydrogens (tertiary/aromatic N) is 4. The maximum atomic E-state index is 12.6. The zero-order valence-corrected chi connectivity index (χ0v) is 29.4. The van der Waals surface area contributed by atoms with E-state index in [9.17, 15) is 26.0 Å². The predicted octanol–water partition coefficient (Wildman–Crippen LogP) is 5.77. The molecule has 0 aliphatic rings. The van der Waals surface area contributed by atoms with Crippen molar-refractivity contribution in [3.8, 4) is 34.5 Å². The van der Waals surface area contributed by atoms with Crippen molar-refractivity contribution in [2.45, 2.75) is 35.0 Å². The molecule has 0 fully saturated rings. The summed E-state index contributed by atoms with van der Waals surface area (Å²) >= 11 is 0. The molecule has 0 bridgehead atoms. The predicted molar refractivity (Wildman–Crippen MR) is 180 cm³/mol. The minimum absolute atomic E-state index is 0.00962. The Morgan fingerprint density at radius 3 is 1.37 bits per heavy atom. The third-order valence-corrected chi connectivity index (χ3v) is 9.33. The maximum absolute atomic E-state index is 12.6. The van der Waals surface area contributed by atoms with Gasteiger partial charge in [0.2, 0.25) is 0 Å². The van der Waals surface area contributed by atoms with Gasteiger partial charge in [-0.05, 0) is 24.3 Å². The van der Waals surface area contributed by atoms with Gasteiger partial charge in [-0.2, -0.15) is 17.6 Å². The Balaban J connectivity index is 0.000000201. The SMILES string of the molecule is COc1ccnc(CS(=O)c2nc3ccc(OC(F)F)cc3[nH]2)c1OC.COc1ccnc(C[S@](=O)c2nc3ccc(OC(F)F)cc3[nH]2)c1OC. The summed E-state index contributed by atoms with van der Waals surface area (Å²) in [6.07, 6.45) is 3.06. The van der Waals surface area contributed by atoms with Gasteiger partial charge in [0, 0.05) is 36.7 Å². The Bertz CT molecular complexity index is 2050. The van der Waals surface area contributed by atoms with Crippen LogP contribution in [0.4, 0.5) is 17.6 Å². The van der Waals surface area contributed by atoms with Crippen LogP contribution in [0.3, 0.4) is 0 Å². The van der Waals surface area contributed by atoms with Gasteiger partial charge in [-0.25, -0.2) is 9.97 Å². The molecule has 0 saturated carbocycles. The molecule has 276 valence electrons. The fraction of sp³-hybridized carbons (Fsp3) is 0.250. The monoisotopic (exact) mass is 766 g/mol. The van der Waals surface area contributed by atoms with Gasteiger partial charge in [0.1, 0.15) is 11.5 Å². The van der Waals surface area contributed by atoms with Gasteiger partial charge in [0.25, 0.3) is 0 Å². The number of halogens is 4. The third kappa shape index (κ3) is 9.04. The molecule has 0 saturated heterocycles. The first kappa shape index (κ1) is 37.7. The number of aromatic amines is 2. The van der Waals surface area contributed by atoms with Crippen molar-refractivity contribution in [1.82, 2.24) is 29.9 Å². The molecule has 4 aromatic heterocycles. The molecule has 6 rings (SSSR count). The van der Waals surface area contributed by atoms with Crippen LogP contribution in [0.1, 0.15) is 11.4 Å². The zero-order valence-electron chi connectivity index (χ0n) is 27.7. The zero-order chi connectivity index (χ0) is 37.4. The average molecular weight is 767 g/mol. The Kier molecular flexibility index (Phi) is 12.4. The number of hydrogen-bond acceptors (Lipinski definition) is 12. The molecule has 0 amide bonds. The summed E-state index contributed by atoms with van der Waals surface area (Å²) in [5.74, 6) is 1.82. The highest BCUT2D eigenvalue weighted by Crippen LogP contribution is 2.32. The van der Waals surface area contributed by atoms with Gasteiger partial charge in [-0.1, -0.05) is 0 Å². The molecule has 4 heterocycles. The lowest BCUT2D eigenvalue weighted by Gasteiger charge is -2.10. The van der Waals surface area contributed by atoms with E-state index in [1.165, 1.54) is 77.2 Å². The molecule has 14 nitrogen and oxygen atoms in total. The minimum Gasteiger partial charge on any atom is -0.493 e. The summed E-state index contributed by atoms with van der Waals surface area (Å²) in [5.41, 5.74) is 2.76. The number of fused-ring (bicyclic) bond motifs is 2. The second-order valence-corrected chi connectivity index (χ2v) is 12.9. The minimum atomic E-state index is -2.92. The van der Waals surface area contributed by atoms with Crippen LogP contribution in [-0.4, -0.2) is 80.0 Å². The van der Waals surface area contributed by atoms with Gasteiger partial charge in [-0.3, -0.25) is 18.4 Å². The second kappa shape index (κ2) is 17.1. The fourth-order valence-corrected chi connectivity index (χ4v) is 6.82. The number of rotatable bonds is 14. The van der Waals surface area contributed by atoms with Crippen molar-refractivity contribution in [1.29, 1.82) is 0 Å². The number of ether oxygens (including phenoxy) is 6. The third-order valence-electron chi connectivity index (χ3n) is 7.01. The largest absolute Gasteiger partial charge is 0.493 e. The van der Waals surface area contributed by atoms with Crippen LogP contribution in [0.15, 0.2) is 71.2 Å². The molecule has 0 radical (unpaired) electrons. The molecule has 2 N–H and O–H groups in total. The van der Waals surface area contributed by atoms with Crippen LogP contribution in [0, 0.1) is 0 Å². The summed E-state index contributed by atoms with van der Waals surface area (Å²) < 4.78 is 104. The van der Waals surface area contributed by atoms with Crippen LogP contribution in [0.25, 0.3) is 22.1 Å². The standard InChI is InChI=1S/2C16H15F2N3O4S/c2*1-23-13-5-6-19-12(14(13)24-2)8-26(22)16-20-10-4-3-9(25-15(17)18)7-11(10)21-16/h2*3-7,15H,8H2,1-2H3,(H,20,21)/t26-;/m0./s1. The van der Waals surface area contributed by atoms with Gasteiger partial charge >= 0.3 is 13.2 Å². The van der Waals surface area contributed by atoms with E-state index in [0.717, 1.165) is 0 Å². The van der Waals surface area contributed by atoms with Crippen LogP contribution < -0.4 is 28.4 Å². The van der Waals surface area contributed by atoms with Crippen molar-refractivity contribution in [3.05, 3.63) is 72.3 Å². The quantitative estimate of drug-likeness (QED) is 0.129. The number of nitrogens with one attached hydrogen (secondary N) is 2. The lowest BCUT2D eigenvalue weighted by Crippen LogP contribution is -2.04. The van der Waals surface area contributed by atoms with Crippen LogP contribution in [0.2, 0.25) is 0 Å². The summed E-state index contributed by atoms with van der Waals surface area (Å²) in [6, 6.07) is 11.8. The van der Waals surface area contributed by atoms with Gasteiger partial charge in [0.15, 0.2) is 33.3 Å². The second-order valence-electron chi connectivity index (χ2n) is 10.2. The first-order chi connectivity index (χ1) is 25.0. The highest BCUT2D eigenvalue weighted by molar-refractivity contribution is 7.84. The van der Waals surface area contributed by atoms with Crippen molar-refractivity contribution < 1.29 is 54.4 Å². The van der Waals surface area contributed by atoms with E-state index in [1.807, 2.05) is 0 Å². The maximum Gasteiger partial charge on any atom is 0.387 e. The number of methoxy groups -OCH3 is 4. The molecule has 52 heavy (non-hydrogen) atoms. The summed E-state index contributed by atoms with van der Waals surface area (Å²) in [5, 5.41) is 0.390. The number of alkyl halides is 4. The summed E-state index contributed by atoms with van der Waals surface area (Å²) in [4.78, 5) is 22.5. The van der Waals surface area contributed by atoms with Crippen molar-refractivity contribution in [2.24, 2.45) is 0 Å². The lowest BCUT2D eigenvalue weighted by molar-refractivity contribution is -0.0504. The highest BCUT2D eigenvalue weighted by atomic mass is 32.2. The number of imidazole rings is 2. The van der Waals surface area contributed by atoms with Gasteiger partial charge < -0.3 is 38.4 Å². The molecule has 1 unspecified atom stereocenters. The topological polar surface area (TPSA) is 173 Å². The van der Waals surface area contributed by atoms with E-state index in [1.54, 1.807) is 12.1 Å². The number of benzene rings is 2. The number of hydrogen-bond donors (Lipinski definition) is 2.